The van der Waals surface area contributed by atoms with E-state index in [9.17, 15) is 18.4 Å². The van der Waals surface area contributed by atoms with E-state index in [2.05, 4.69) is 40.7 Å². The number of carbonyl (C=O) groups is 2. The number of ether oxygens (including phenoxy) is 1. The fourth-order valence-corrected chi connectivity index (χ4v) is 5.99. The van der Waals surface area contributed by atoms with Crippen molar-refractivity contribution in [2.24, 2.45) is 17.8 Å². The van der Waals surface area contributed by atoms with E-state index in [-0.39, 0.29) is 24.2 Å². The normalized spacial score (nSPS) is 18.8. The number of nitrogens with one attached hydrogen (secondary N) is 1. The highest BCUT2D eigenvalue weighted by Gasteiger charge is 2.28. The van der Waals surface area contributed by atoms with Crippen LogP contribution in [-0.4, -0.2) is 79.7 Å². The number of carboxylic acids is 1. The molecule has 2 aromatic carbocycles. The smallest absolute Gasteiger partial charge is 0.320 e. The van der Waals surface area contributed by atoms with Crippen molar-refractivity contribution in [1.82, 2.24) is 15.1 Å². The molecule has 1 aliphatic heterocycles. The molecule has 1 aliphatic carbocycles. The lowest BCUT2D eigenvalue weighted by Gasteiger charge is -2.38. The first-order chi connectivity index (χ1) is 21.9. The summed E-state index contributed by atoms with van der Waals surface area (Å²) in [4.78, 5) is 25.5. The topological polar surface area (TPSA) is 82.1 Å². The molecule has 0 aromatic heterocycles. The maximum Gasteiger partial charge on any atom is 0.320 e. The third-order valence-electron chi connectivity index (χ3n) is 8.81. The molecule has 2 fully saturated rings. The molecule has 46 heavy (non-hydrogen) atoms. The van der Waals surface area contributed by atoms with Crippen LogP contribution in [0.25, 0.3) is 0 Å². The fourth-order valence-electron chi connectivity index (χ4n) is 5.99. The van der Waals surface area contributed by atoms with Gasteiger partial charge in [0.15, 0.2) is 0 Å². The van der Waals surface area contributed by atoms with Crippen LogP contribution in [-0.2, 0) is 20.9 Å². The first kappa shape index (κ1) is 41.1. The van der Waals surface area contributed by atoms with Crippen molar-refractivity contribution in [2.75, 3.05) is 40.3 Å². The number of aliphatic carboxylic acids is 1. The van der Waals surface area contributed by atoms with E-state index in [0.717, 1.165) is 23.4 Å². The summed E-state index contributed by atoms with van der Waals surface area (Å²) in [5.74, 6) is 0.910. The van der Waals surface area contributed by atoms with E-state index in [0.29, 0.717) is 12.0 Å². The lowest BCUT2D eigenvalue weighted by atomic mass is 9.95. The van der Waals surface area contributed by atoms with Gasteiger partial charge in [0.25, 0.3) is 6.47 Å². The average Bonchev–Trinajstić information content (AvgIpc) is 3.43. The molecule has 2 aromatic rings. The predicted octanol–water partition coefficient (Wildman–Crippen LogP) is 7.18. The van der Waals surface area contributed by atoms with E-state index >= 15 is 0 Å². The van der Waals surface area contributed by atoms with E-state index < -0.39 is 12.0 Å². The zero-order valence-electron chi connectivity index (χ0n) is 29.2. The summed E-state index contributed by atoms with van der Waals surface area (Å²) >= 11 is 0. The number of nitrogens with zero attached hydrogens (tertiary/aromatic N) is 2. The van der Waals surface area contributed by atoms with Crippen LogP contribution in [0.5, 0.6) is 0 Å². The molecular formula is C37H59F2N3O4. The number of carboxylic acid groups (broad SMARTS) is 1. The van der Waals surface area contributed by atoms with E-state index in [1.54, 1.807) is 44.3 Å². The van der Waals surface area contributed by atoms with Gasteiger partial charge in [0.1, 0.15) is 24.3 Å². The molecule has 1 heterocycles. The number of piperidine rings is 1. The Balaban J connectivity index is 0.000000328. The number of carbonyl (C=O) groups excluding carboxylic acids is 1. The molecule has 9 heteroatoms. The molecule has 7 nitrogen and oxygen atoms in total. The van der Waals surface area contributed by atoms with Crippen molar-refractivity contribution >= 4 is 12.4 Å². The van der Waals surface area contributed by atoms with Gasteiger partial charge in [-0.25, -0.2) is 8.78 Å². The van der Waals surface area contributed by atoms with Crippen molar-refractivity contribution < 1.29 is 28.2 Å². The summed E-state index contributed by atoms with van der Waals surface area (Å²) in [6, 6.07) is 13.0. The number of hydrogen-bond donors (Lipinski definition) is 2. The quantitative estimate of drug-likeness (QED) is 0.250. The zero-order valence-corrected chi connectivity index (χ0v) is 29.2. The summed E-state index contributed by atoms with van der Waals surface area (Å²) in [5, 5.41) is 11.2. The van der Waals surface area contributed by atoms with Crippen LogP contribution >= 0.6 is 0 Å². The standard InChI is InChI=1S/C16H32N2.C9H9FO2.C6H5F.C6H13NO2/c1-4-10-17(3)16-8-11-18(12-9-16)13-15-7-5-6-14(15)2;1-7-4-8(5-12-6-11)2-3-9(7)10;7-6-4-2-1-3-5-6;1-4(2)5(7-3)6(8)9/h14-16H,4-13H2,1-3H3;2-4,6H,5H2,1H3;1-5H;4-5,7H,1-3H3,(H,8,9)/t14?,15-;;;/m1.../s1. The van der Waals surface area contributed by atoms with Gasteiger partial charge in [-0.2, -0.15) is 0 Å². The van der Waals surface area contributed by atoms with Gasteiger partial charge in [0.2, 0.25) is 0 Å². The van der Waals surface area contributed by atoms with E-state index in [1.165, 1.54) is 82.9 Å². The number of halogens is 2. The summed E-state index contributed by atoms with van der Waals surface area (Å²) in [6.07, 6.45) is 8.49. The Hall–Kier alpha value is -2.88. The molecule has 2 unspecified atom stereocenters. The Morgan fingerprint density at radius 3 is 2.17 bits per heavy atom. The van der Waals surface area contributed by atoms with Gasteiger partial charge in [0.05, 0.1) is 0 Å². The summed E-state index contributed by atoms with van der Waals surface area (Å²) < 4.78 is 29.1. The van der Waals surface area contributed by atoms with Crippen molar-refractivity contribution in [2.45, 2.75) is 91.8 Å². The van der Waals surface area contributed by atoms with Gasteiger partial charge in [-0.15, -0.1) is 0 Å². The second-order valence-electron chi connectivity index (χ2n) is 12.8. The minimum absolute atomic E-state index is 0.146. The Kier molecular flexibility index (Phi) is 21.0. The first-order valence-electron chi connectivity index (χ1n) is 16.8. The van der Waals surface area contributed by atoms with Crippen molar-refractivity contribution in [3.63, 3.8) is 0 Å². The average molecular weight is 648 g/mol. The number of aryl methyl sites for hydroxylation is 1. The monoisotopic (exact) mass is 647 g/mol. The minimum atomic E-state index is -0.785. The van der Waals surface area contributed by atoms with E-state index in [4.69, 9.17) is 5.11 Å². The van der Waals surface area contributed by atoms with E-state index in [1.807, 2.05) is 13.8 Å². The third kappa shape index (κ3) is 16.6. The van der Waals surface area contributed by atoms with Gasteiger partial charge < -0.3 is 25.0 Å². The predicted molar refractivity (Wildman–Crippen MR) is 183 cm³/mol. The second kappa shape index (κ2) is 23.4. The first-order valence-corrected chi connectivity index (χ1v) is 16.8. The van der Waals surface area contributed by atoms with Gasteiger partial charge in [-0.05, 0) is 119 Å². The molecule has 2 aliphatic rings. The molecule has 0 bridgehead atoms. The lowest BCUT2D eigenvalue weighted by molar-refractivity contribution is -0.140. The number of likely N-dealkylation sites (tertiary alicyclic amines) is 1. The Bertz CT molecular complexity index is 1100. The highest BCUT2D eigenvalue weighted by molar-refractivity contribution is 5.73. The van der Waals surface area contributed by atoms with Gasteiger partial charge >= 0.3 is 5.97 Å². The molecule has 1 saturated heterocycles. The van der Waals surface area contributed by atoms with Crippen LogP contribution in [0.1, 0.15) is 77.3 Å². The van der Waals surface area contributed by atoms with Crippen LogP contribution < -0.4 is 5.32 Å². The summed E-state index contributed by atoms with van der Waals surface area (Å²) in [5.41, 5.74) is 1.35. The van der Waals surface area contributed by atoms with Gasteiger partial charge in [-0.3, -0.25) is 9.59 Å². The van der Waals surface area contributed by atoms with Crippen LogP contribution in [0.4, 0.5) is 8.78 Å². The fraction of sp³-hybridized carbons (Fsp3) is 0.622. The largest absolute Gasteiger partial charge is 0.480 e. The highest BCUT2D eigenvalue weighted by atomic mass is 19.1. The molecule has 0 radical (unpaired) electrons. The Labute approximate surface area is 276 Å². The number of hydrogen-bond acceptors (Lipinski definition) is 6. The minimum Gasteiger partial charge on any atom is -0.480 e. The van der Waals surface area contributed by atoms with Crippen LogP contribution in [0.15, 0.2) is 48.5 Å². The molecule has 2 N–H and O–H groups in total. The summed E-state index contributed by atoms with van der Waals surface area (Å²) in [7, 11) is 3.96. The van der Waals surface area contributed by atoms with Gasteiger partial charge in [0, 0.05) is 12.6 Å². The summed E-state index contributed by atoms with van der Waals surface area (Å²) in [6.45, 7) is 16.0. The number of rotatable bonds is 11. The Morgan fingerprint density at radius 1 is 1.11 bits per heavy atom. The second-order valence-corrected chi connectivity index (χ2v) is 12.8. The molecule has 0 spiro atoms. The molecule has 1 saturated carbocycles. The maximum absolute atomic E-state index is 12.7. The molecule has 4 rings (SSSR count). The van der Waals surface area contributed by atoms with Crippen LogP contribution in [0, 0.1) is 36.3 Å². The molecule has 260 valence electrons. The van der Waals surface area contributed by atoms with Crippen LogP contribution in [0.2, 0.25) is 0 Å². The SMILES string of the molecule is CCCN(C)C1CCN(C[C@H]2CCCC2C)CC1.CNC(C(=O)O)C(C)C.Cc1cc(COC=O)ccc1F.Fc1ccccc1. The number of benzene rings is 2. The van der Waals surface area contributed by atoms with Gasteiger partial charge in [-0.1, -0.05) is 64.8 Å². The number of likely N-dealkylation sites (N-methyl/N-ethyl adjacent to an activating group) is 1. The Morgan fingerprint density at radius 2 is 1.76 bits per heavy atom. The van der Waals surface area contributed by atoms with Crippen molar-refractivity contribution in [1.29, 1.82) is 0 Å². The lowest BCUT2D eigenvalue weighted by Crippen LogP contribution is -2.45. The van der Waals surface area contributed by atoms with Crippen LogP contribution in [0.3, 0.4) is 0 Å². The zero-order chi connectivity index (χ0) is 34.5. The maximum atomic E-state index is 12.7. The molecular weight excluding hydrogens is 588 g/mol. The van der Waals surface area contributed by atoms with Crippen molar-refractivity contribution in [3.05, 3.63) is 71.3 Å². The molecule has 3 atom stereocenters. The molecule has 0 amide bonds. The van der Waals surface area contributed by atoms with Crippen molar-refractivity contribution in [3.8, 4) is 0 Å². The highest BCUT2D eigenvalue weighted by Crippen LogP contribution is 2.32. The third-order valence-corrected chi connectivity index (χ3v) is 8.81.